The monoisotopic (exact) mass is 376 g/mol. The molecule has 1 N–H and O–H groups in total. The molecule has 2 heterocycles. The molecule has 1 fully saturated rings. The number of hydrogen-bond acceptors (Lipinski definition) is 3. The summed E-state index contributed by atoms with van der Waals surface area (Å²) in [4.78, 5) is 27.0. The number of nitrogens with one attached hydrogen (secondary N) is 1. The lowest BCUT2D eigenvalue weighted by atomic mass is 9.95. The molecule has 1 aliphatic heterocycles. The maximum Gasteiger partial charge on any atom is 0.347 e. The minimum atomic E-state index is -0.227. The Kier molecular flexibility index (Phi) is 4.86. The van der Waals surface area contributed by atoms with Crippen molar-refractivity contribution < 1.29 is 4.79 Å². The van der Waals surface area contributed by atoms with Crippen LogP contribution in [0.1, 0.15) is 46.1 Å². The molecule has 144 valence electrons. The number of aromatic nitrogens is 3. The van der Waals surface area contributed by atoms with Gasteiger partial charge >= 0.3 is 5.69 Å². The van der Waals surface area contributed by atoms with E-state index >= 15 is 0 Å². The summed E-state index contributed by atoms with van der Waals surface area (Å²) in [6, 6.07) is 15.4. The lowest BCUT2D eigenvalue weighted by Crippen LogP contribution is -2.38. The molecule has 0 saturated carbocycles. The Morgan fingerprint density at radius 2 is 1.75 bits per heavy atom. The summed E-state index contributed by atoms with van der Waals surface area (Å²) in [6.45, 7) is 5.39. The van der Waals surface area contributed by atoms with Gasteiger partial charge in [0, 0.05) is 24.6 Å². The van der Waals surface area contributed by atoms with Crippen LogP contribution < -0.4 is 5.69 Å². The van der Waals surface area contributed by atoms with E-state index in [1.54, 1.807) is 4.57 Å². The van der Waals surface area contributed by atoms with Crippen LogP contribution in [0, 0.1) is 13.8 Å². The molecule has 1 amide bonds. The van der Waals surface area contributed by atoms with E-state index in [9.17, 15) is 9.59 Å². The largest absolute Gasteiger partial charge is 0.347 e. The number of hydrogen-bond donors (Lipinski definition) is 1. The van der Waals surface area contributed by atoms with E-state index in [0.717, 1.165) is 35.5 Å². The summed E-state index contributed by atoms with van der Waals surface area (Å²) < 4.78 is 1.64. The first-order valence-electron chi connectivity index (χ1n) is 9.64. The van der Waals surface area contributed by atoms with Gasteiger partial charge in [-0.25, -0.2) is 14.5 Å². The van der Waals surface area contributed by atoms with E-state index in [0.29, 0.717) is 13.1 Å². The van der Waals surface area contributed by atoms with Crippen molar-refractivity contribution >= 4 is 5.91 Å². The third-order valence-electron chi connectivity index (χ3n) is 5.61. The van der Waals surface area contributed by atoms with Crippen LogP contribution in [0.25, 0.3) is 5.69 Å². The molecular formula is C22H24N4O2. The number of amides is 1. The summed E-state index contributed by atoms with van der Waals surface area (Å²) >= 11 is 0. The minimum absolute atomic E-state index is 0.0732. The fourth-order valence-corrected chi connectivity index (χ4v) is 3.81. The average Bonchev–Trinajstić information content (AvgIpc) is 3.11. The van der Waals surface area contributed by atoms with E-state index in [4.69, 9.17) is 0 Å². The van der Waals surface area contributed by atoms with E-state index < -0.39 is 0 Å². The van der Waals surface area contributed by atoms with Gasteiger partial charge in [-0.15, -0.1) is 0 Å². The molecule has 0 aliphatic carbocycles. The van der Waals surface area contributed by atoms with E-state index in [-0.39, 0.29) is 17.5 Å². The predicted molar refractivity (Wildman–Crippen MR) is 108 cm³/mol. The van der Waals surface area contributed by atoms with Crippen molar-refractivity contribution in [3.8, 4) is 5.69 Å². The van der Waals surface area contributed by atoms with Gasteiger partial charge in [-0.3, -0.25) is 4.79 Å². The Morgan fingerprint density at radius 1 is 1.04 bits per heavy atom. The van der Waals surface area contributed by atoms with Crippen LogP contribution >= 0.6 is 0 Å². The molecule has 6 nitrogen and oxygen atoms in total. The SMILES string of the molecule is Cc1ccc(C(=O)N2CCC(c3n[nH]c(=O)n3-c3ccccc3)CC2)cc1C. The molecule has 28 heavy (non-hydrogen) atoms. The van der Waals surface area contributed by atoms with Gasteiger partial charge in [-0.05, 0) is 62.1 Å². The van der Waals surface area contributed by atoms with Gasteiger partial charge in [0.05, 0.1) is 5.69 Å². The number of carbonyl (C=O) groups excluding carboxylic acids is 1. The molecule has 2 aromatic carbocycles. The topological polar surface area (TPSA) is 71.0 Å². The Labute approximate surface area is 163 Å². The summed E-state index contributed by atoms with van der Waals surface area (Å²) in [5.74, 6) is 0.960. The molecule has 4 rings (SSSR count). The number of para-hydroxylation sites is 1. The van der Waals surface area contributed by atoms with Crippen molar-refractivity contribution in [2.75, 3.05) is 13.1 Å². The zero-order chi connectivity index (χ0) is 19.7. The molecule has 0 radical (unpaired) electrons. The van der Waals surface area contributed by atoms with Gasteiger partial charge in [-0.1, -0.05) is 24.3 Å². The number of likely N-dealkylation sites (tertiary alicyclic amines) is 1. The second-order valence-electron chi connectivity index (χ2n) is 7.42. The van der Waals surface area contributed by atoms with E-state index in [1.165, 1.54) is 5.56 Å². The Balaban J connectivity index is 1.50. The number of nitrogens with zero attached hydrogens (tertiary/aromatic N) is 3. The van der Waals surface area contributed by atoms with Gasteiger partial charge in [-0.2, -0.15) is 5.10 Å². The lowest BCUT2D eigenvalue weighted by molar-refractivity contribution is 0.0710. The Morgan fingerprint density at radius 3 is 2.43 bits per heavy atom. The highest BCUT2D eigenvalue weighted by Crippen LogP contribution is 2.28. The zero-order valence-corrected chi connectivity index (χ0v) is 16.2. The van der Waals surface area contributed by atoms with Gasteiger partial charge in [0.1, 0.15) is 5.82 Å². The minimum Gasteiger partial charge on any atom is -0.339 e. The molecule has 1 aromatic heterocycles. The quantitative estimate of drug-likeness (QED) is 0.763. The van der Waals surface area contributed by atoms with E-state index in [2.05, 4.69) is 10.2 Å². The number of rotatable bonds is 3. The summed E-state index contributed by atoms with van der Waals surface area (Å²) in [5, 5.41) is 6.87. The Bertz CT molecular complexity index is 1040. The van der Waals surface area contributed by atoms with Gasteiger partial charge < -0.3 is 4.90 Å². The molecule has 1 saturated heterocycles. The fourth-order valence-electron chi connectivity index (χ4n) is 3.81. The Hall–Kier alpha value is -3.15. The highest BCUT2D eigenvalue weighted by atomic mass is 16.2. The van der Waals surface area contributed by atoms with Crippen LogP contribution in [-0.2, 0) is 0 Å². The summed E-state index contributed by atoms with van der Waals surface area (Å²) in [6.07, 6.45) is 1.57. The van der Waals surface area contributed by atoms with Gasteiger partial charge in [0.15, 0.2) is 0 Å². The van der Waals surface area contributed by atoms with Crippen LogP contribution in [0.2, 0.25) is 0 Å². The first-order valence-corrected chi connectivity index (χ1v) is 9.64. The van der Waals surface area contributed by atoms with Crippen LogP contribution in [-0.4, -0.2) is 38.7 Å². The second-order valence-corrected chi connectivity index (χ2v) is 7.42. The van der Waals surface area contributed by atoms with Crippen molar-refractivity contribution in [3.05, 3.63) is 81.5 Å². The number of benzene rings is 2. The van der Waals surface area contributed by atoms with Crippen LogP contribution in [0.5, 0.6) is 0 Å². The number of carbonyl (C=O) groups is 1. The highest BCUT2D eigenvalue weighted by Gasteiger charge is 2.28. The van der Waals surface area contributed by atoms with Crippen molar-refractivity contribution in [2.45, 2.75) is 32.6 Å². The molecule has 3 aromatic rings. The van der Waals surface area contributed by atoms with Crippen LogP contribution in [0.3, 0.4) is 0 Å². The third kappa shape index (κ3) is 3.38. The zero-order valence-electron chi connectivity index (χ0n) is 16.2. The molecule has 0 spiro atoms. The first-order chi connectivity index (χ1) is 13.5. The van der Waals surface area contributed by atoms with Crippen molar-refractivity contribution in [2.24, 2.45) is 0 Å². The number of aryl methyl sites for hydroxylation is 2. The number of piperidine rings is 1. The van der Waals surface area contributed by atoms with Gasteiger partial charge in [0.2, 0.25) is 0 Å². The maximum absolute atomic E-state index is 12.8. The molecular weight excluding hydrogens is 352 g/mol. The highest BCUT2D eigenvalue weighted by molar-refractivity contribution is 5.94. The standard InChI is InChI=1S/C22H24N4O2/c1-15-8-9-18(14-16(15)2)21(27)25-12-10-17(11-13-25)20-23-24-22(28)26(20)19-6-4-3-5-7-19/h3-9,14,17H,10-13H2,1-2H3,(H,24,28). The van der Waals surface area contributed by atoms with Crippen LogP contribution in [0.15, 0.2) is 53.3 Å². The maximum atomic E-state index is 12.8. The number of aromatic amines is 1. The van der Waals surface area contributed by atoms with Crippen molar-refractivity contribution in [3.63, 3.8) is 0 Å². The normalized spacial score (nSPS) is 15.0. The van der Waals surface area contributed by atoms with Crippen molar-refractivity contribution in [1.82, 2.24) is 19.7 Å². The molecule has 0 unspecified atom stereocenters. The van der Waals surface area contributed by atoms with Crippen molar-refractivity contribution in [1.29, 1.82) is 0 Å². The third-order valence-corrected chi connectivity index (χ3v) is 5.61. The van der Waals surface area contributed by atoms with E-state index in [1.807, 2.05) is 67.3 Å². The predicted octanol–water partition coefficient (Wildman–Crippen LogP) is 3.20. The first kappa shape index (κ1) is 18.2. The second kappa shape index (κ2) is 7.46. The average molecular weight is 376 g/mol. The molecule has 0 atom stereocenters. The smallest absolute Gasteiger partial charge is 0.339 e. The summed E-state index contributed by atoms with van der Waals surface area (Å²) in [7, 11) is 0. The molecule has 1 aliphatic rings. The van der Waals surface area contributed by atoms with Crippen LogP contribution in [0.4, 0.5) is 0 Å². The molecule has 0 bridgehead atoms. The lowest BCUT2D eigenvalue weighted by Gasteiger charge is -2.31. The summed E-state index contributed by atoms with van der Waals surface area (Å²) in [5.41, 5.74) is 3.64. The molecule has 6 heteroatoms. The van der Waals surface area contributed by atoms with Gasteiger partial charge in [0.25, 0.3) is 5.91 Å². The number of H-pyrrole nitrogens is 1. The fraction of sp³-hybridized carbons (Fsp3) is 0.318.